The van der Waals surface area contributed by atoms with E-state index >= 15 is 0 Å². The van der Waals surface area contributed by atoms with Crippen molar-refractivity contribution < 1.29 is 4.48 Å². The Morgan fingerprint density at radius 3 is 1.94 bits per heavy atom. The molecule has 0 aliphatic carbocycles. The lowest BCUT2D eigenvalue weighted by atomic mass is 10.1. The third kappa shape index (κ3) is 10.7. The molecule has 0 rings (SSSR count). The Morgan fingerprint density at radius 1 is 1.06 bits per heavy atom. The minimum atomic E-state index is 0.225. The quantitative estimate of drug-likeness (QED) is 0.687. The lowest BCUT2D eigenvalue weighted by molar-refractivity contribution is -0.869. The number of nitrogens with zero attached hydrogens (tertiary/aromatic N) is 2. The van der Waals surface area contributed by atoms with Crippen LogP contribution in [0.5, 0.6) is 0 Å². The first kappa shape index (κ1) is 16.9. The second kappa shape index (κ2) is 6.72. The molecule has 0 amide bonds. The van der Waals surface area contributed by atoms with Gasteiger partial charge in [-0.25, -0.2) is 0 Å². The highest BCUT2D eigenvalue weighted by atomic mass is 15.3. The molecule has 0 radical (unpaired) electrons. The predicted molar refractivity (Wildman–Crippen MR) is 77.4 cm³/mol. The molecule has 0 aliphatic rings. The maximum atomic E-state index is 3.56. The van der Waals surface area contributed by atoms with Crippen LogP contribution >= 0.6 is 0 Å². The van der Waals surface area contributed by atoms with Crippen molar-refractivity contribution in [2.75, 3.05) is 47.3 Å². The van der Waals surface area contributed by atoms with Crippen LogP contribution in [-0.4, -0.2) is 68.3 Å². The Hall–Kier alpha value is -0.120. The van der Waals surface area contributed by atoms with Crippen LogP contribution in [0, 0.1) is 0 Å². The first-order chi connectivity index (χ1) is 7.51. The van der Waals surface area contributed by atoms with Gasteiger partial charge in [0, 0.05) is 31.2 Å². The van der Waals surface area contributed by atoms with Crippen LogP contribution in [0.1, 0.15) is 34.6 Å². The van der Waals surface area contributed by atoms with Gasteiger partial charge < -0.3 is 9.80 Å². The highest BCUT2D eigenvalue weighted by Crippen LogP contribution is 2.02. The topological polar surface area (TPSA) is 15.3 Å². The molecule has 0 fully saturated rings. The van der Waals surface area contributed by atoms with E-state index in [9.17, 15) is 0 Å². The molecule has 0 aliphatic heterocycles. The van der Waals surface area contributed by atoms with E-state index in [1.807, 2.05) is 0 Å². The minimum Gasteiger partial charge on any atom is -0.330 e. The van der Waals surface area contributed by atoms with Gasteiger partial charge in [-0.15, -0.1) is 0 Å². The molecule has 0 aromatic carbocycles. The summed E-state index contributed by atoms with van der Waals surface area (Å²) >= 11 is 0. The molecule has 0 saturated heterocycles. The Kier molecular flexibility index (Phi) is 6.67. The van der Waals surface area contributed by atoms with Gasteiger partial charge in [-0.2, -0.15) is 0 Å². The van der Waals surface area contributed by atoms with Crippen LogP contribution in [0.2, 0.25) is 0 Å². The van der Waals surface area contributed by atoms with E-state index in [1.54, 1.807) is 0 Å². The van der Waals surface area contributed by atoms with Gasteiger partial charge in [0.2, 0.25) is 0 Å². The zero-order valence-corrected chi connectivity index (χ0v) is 13.3. The SMILES string of the molecule is CC(C)N(CCNC(C)(C)C)CC[N+](C)(C)C. The average molecular weight is 244 g/mol. The summed E-state index contributed by atoms with van der Waals surface area (Å²) < 4.78 is 1.04. The summed E-state index contributed by atoms with van der Waals surface area (Å²) in [7, 11) is 6.77. The van der Waals surface area contributed by atoms with Crippen LogP contribution < -0.4 is 5.32 Å². The number of hydrogen-bond donors (Lipinski definition) is 1. The Balaban J connectivity index is 4.00. The van der Waals surface area contributed by atoms with Crippen LogP contribution in [0.4, 0.5) is 0 Å². The monoisotopic (exact) mass is 244 g/mol. The molecule has 0 saturated carbocycles. The smallest absolute Gasteiger partial charge is 0.0909 e. The maximum Gasteiger partial charge on any atom is 0.0909 e. The zero-order chi connectivity index (χ0) is 13.7. The van der Waals surface area contributed by atoms with Crippen LogP contribution in [0.3, 0.4) is 0 Å². The second-order valence-electron chi connectivity index (χ2n) is 7.32. The fourth-order valence-electron chi connectivity index (χ4n) is 1.63. The van der Waals surface area contributed by atoms with Crippen molar-refractivity contribution in [2.24, 2.45) is 0 Å². The zero-order valence-electron chi connectivity index (χ0n) is 13.3. The third-order valence-electron chi connectivity index (χ3n) is 2.84. The van der Waals surface area contributed by atoms with Gasteiger partial charge >= 0.3 is 0 Å². The number of likely N-dealkylation sites (N-methyl/N-ethyl adjacent to an activating group) is 1. The van der Waals surface area contributed by atoms with Crippen LogP contribution in [0.25, 0.3) is 0 Å². The molecule has 0 heterocycles. The summed E-state index contributed by atoms with van der Waals surface area (Å²) in [6.45, 7) is 15.8. The van der Waals surface area contributed by atoms with Crippen molar-refractivity contribution in [3.8, 4) is 0 Å². The standard InChI is InChI=1S/C14H34N3/c1-13(2)16(11-12-17(6,7)8)10-9-15-14(3,4)5/h13,15H,9-12H2,1-8H3/q+1. The molecule has 3 nitrogen and oxygen atoms in total. The first-order valence-corrected chi connectivity index (χ1v) is 6.81. The van der Waals surface area contributed by atoms with Gasteiger partial charge in [0.1, 0.15) is 0 Å². The normalized spacial score (nSPS) is 13.8. The molecule has 104 valence electrons. The molecule has 0 unspecified atom stereocenters. The van der Waals surface area contributed by atoms with Gasteiger partial charge in [0.05, 0.1) is 27.7 Å². The van der Waals surface area contributed by atoms with Crippen molar-refractivity contribution in [3.63, 3.8) is 0 Å². The van der Waals surface area contributed by atoms with E-state index in [2.05, 4.69) is 66.0 Å². The van der Waals surface area contributed by atoms with Crippen LogP contribution in [0.15, 0.2) is 0 Å². The largest absolute Gasteiger partial charge is 0.330 e. The van der Waals surface area contributed by atoms with Gasteiger partial charge in [0.25, 0.3) is 0 Å². The van der Waals surface area contributed by atoms with Crippen molar-refractivity contribution in [1.82, 2.24) is 10.2 Å². The summed E-state index contributed by atoms with van der Waals surface area (Å²) in [5, 5.41) is 3.56. The molecule has 3 heteroatoms. The van der Waals surface area contributed by atoms with Gasteiger partial charge in [0.15, 0.2) is 0 Å². The highest BCUT2D eigenvalue weighted by Gasteiger charge is 2.15. The van der Waals surface area contributed by atoms with E-state index < -0.39 is 0 Å². The molecule has 17 heavy (non-hydrogen) atoms. The molecular formula is C14H34N3+. The van der Waals surface area contributed by atoms with Gasteiger partial charge in [-0.3, -0.25) is 4.90 Å². The van der Waals surface area contributed by atoms with E-state index in [0.717, 1.165) is 17.6 Å². The summed E-state index contributed by atoms with van der Waals surface area (Å²) in [5.41, 5.74) is 0.225. The second-order valence-corrected chi connectivity index (χ2v) is 7.32. The van der Waals surface area contributed by atoms with Crippen molar-refractivity contribution in [3.05, 3.63) is 0 Å². The van der Waals surface area contributed by atoms with Gasteiger partial charge in [-0.1, -0.05) is 0 Å². The Labute approximate surface area is 109 Å². The summed E-state index contributed by atoms with van der Waals surface area (Å²) in [4.78, 5) is 2.56. The molecule has 0 aromatic heterocycles. The molecule has 0 aromatic rings. The first-order valence-electron chi connectivity index (χ1n) is 6.81. The molecule has 0 bridgehead atoms. The summed E-state index contributed by atoms with van der Waals surface area (Å²) in [6, 6.07) is 0.628. The number of rotatable bonds is 7. The molecule has 0 atom stereocenters. The van der Waals surface area contributed by atoms with Crippen molar-refractivity contribution >= 4 is 0 Å². The van der Waals surface area contributed by atoms with Gasteiger partial charge in [-0.05, 0) is 34.6 Å². The highest BCUT2D eigenvalue weighted by molar-refractivity contribution is 4.72. The van der Waals surface area contributed by atoms with E-state index in [-0.39, 0.29) is 5.54 Å². The number of quaternary nitrogens is 1. The fourth-order valence-corrected chi connectivity index (χ4v) is 1.63. The van der Waals surface area contributed by atoms with E-state index in [1.165, 1.54) is 13.1 Å². The summed E-state index contributed by atoms with van der Waals surface area (Å²) in [5.74, 6) is 0. The number of hydrogen-bond acceptors (Lipinski definition) is 2. The molecule has 0 spiro atoms. The van der Waals surface area contributed by atoms with E-state index in [4.69, 9.17) is 0 Å². The lowest BCUT2D eigenvalue weighted by Crippen LogP contribution is -2.47. The predicted octanol–water partition coefficient (Wildman–Crippen LogP) is 1.79. The Morgan fingerprint density at radius 2 is 1.59 bits per heavy atom. The third-order valence-corrected chi connectivity index (χ3v) is 2.84. The van der Waals surface area contributed by atoms with E-state index in [0.29, 0.717) is 6.04 Å². The van der Waals surface area contributed by atoms with Crippen molar-refractivity contribution in [1.29, 1.82) is 0 Å². The molecular weight excluding hydrogens is 210 g/mol. The minimum absolute atomic E-state index is 0.225. The summed E-state index contributed by atoms with van der Waals surface area (Å²) in [6.07, 6.45) is 0. The Bertz CT molecular complexity index is 198. The lowest BCUT2D eigenvalue weighted by Gasteiger charge is -2.32. The van der Waals surface area contributed by atoms with Crippen LogP contribution in [-0.2, 0) is 0 Å². The van der Waals surface area contributed by atoms with Crippen molar-refractivity contribution in [2.45, 2.75) is 46.2 Å². The molecule has 1 N–H and O–H groups in total. The average Bonchev–Trinajstić information content (AvgIpc) is 2.06. The maximum absolute atomic E-state index is 3.56. The fraction of sp³-hybridized carbons (Fsp3) is 1.00. The number of nitrogens with one attached hydrogen (secondary N) is 1.